The van der Waals surface area contributed by atoms with Crippen LogP contribution < -0.4 is 0 Å². The molecule has 3 unspecified atom stereocenters. The molecule has 0 aliphatic heterocycles. The highest BCUT2D eigenvalue weighted by Crippen LogP contribution is 2.35. The number of aliphatic hydroxyl groups is 4. The lowest BCUT2D eigenvalue weighted by molar-refractivity contribution is -0.127. The molecular formula is C14H20O5. The molecule has 0 saturated heterocycles. The smallest absolute Gasteiger partial charge is 0.168 e. The Kier molecular flexibility index (Phi) is 5.05. The predicted molar refractivity (Wildman–Crippen MR) is 70.4 cm³/mol. The zero-order valence-corrected chi connectivity index (χ0v) is 11.1. The van der Waals surface area contributed by atoms with Gasteiger partial charge < -0.3 is 20.4 Å². The second-order valence-corrected chi connectivity index (χ2v) is 4.91. The second-order valence-electron chi connectivity index (χ2n) is 4.91. The molecule has 0 aromatic carbocycles. The molecule has 3 atom stereocenters. The zero-order chi connectivity index (χ0) is 14.6. The van der Waals surface area contributed by atoms with Crippen molar-refractivity contribution in [1.29, 1.82) is 0 Å². The van der Waals surface area contributed by atoms with Crippen LogP contribution in [0, 0.1) is 5.92 Å². The summed E-state index contributed by atoms with van der Waals surface area (Å²) in [4.78, 5) is 12.0. The summed E-state index contributed by atoms with van der Waals surface area (Å²) >= 11 is 0. The van der Waals surface area contributed by atoms with E-state index >= 15 is 0 Å². The fraction of sp³-hybridized carbons (Fsp3) is 0.500. The van der Waals surface area contributed by atoms with Crippen molar-refractivity contribution in [3.63, 3.8) is 0 Å². The number of hydrogen-bond acceptors (Lipinski definition) is 5. The van der Waals surface area contributed by atoms with Gasteiger partial charge in [-0.25, -0.2) is 0 Å². The van der Waals surface area contributed by atoms with Crippen molar-refractivity contribution in [1.82, 2.24) is 0 Å². The molecule has 1 rings (SSSR count). The number of hydrogen-bond donors (Lipinski definition) is 4. The van der Waals surface area contributed by atoms with Gasteiger partial charge in [0, 0.05) is 5.57 Å². The molecule has 0 saturated carbocycles. The first-order chi connectivity index (χ1) is 8.81. The van der Waals surface area contributed by atoms with E-state index in [4.69, 9.17) is 5.11 Å². The Hall–Kier alpha value is -1.43. The van der Waals surface area contributed by atoms with Gasteiger partial charge in [-0.15, -0.1) is 0 Å². The highest BCUT2D eigenvalue weighted by Gasteiger charge is 2.43. The molecule has 1 aliphatic rings. The van der Waals surface area contributed by atoms with Crippen LogP contribution in [-0.4, -0.2) is 44.5 Å². The standard InChI is InChI=1S/C14H20O5/c1-9-12(17)10(8-14(2,19)13(9)18)11(16)6-4-3-5-7-15/h3-6,10-11,15-16,18-19H,7-8H2,1-2H3. The molecule has 0 heterocycles. The Bertz CT molecular complexity index is 431. The van der Waals surface area contributed by atoms with Gasteiger partial charge >= 0.3 is 0 Å². The molecule has 1 aliphatic carbocycles. The van der Waals surface area contributed by atoms with Gasteiger partial charge in [0.2, 0.25) is 0 Å². The third-order valence-electron chi connectivity index (χ3n) is 3.26. The van der Waals surface area contributed by atoms with Gasteiger partial charge in [-0.3, -0.25) is 4.79 Å². The Morgan fingerprint density at radius 3 is 2.68 bits per heavy atom. The first kappa shape index (κ1) is 15.6. The molecule has 106 valence electrons. The maximum absolute atomic E-state index is 12.0. The van der Waals surface area contributed by atoms with Crippen LogP contribution in [0.25, 0.3) is 0 Å². The summed E-state index contributed by atoms with van der Waals surface area (Å²) in [5.74, 6) is -1.48. The van der Waals surface area contributed by atoms with Gasteiger partial charge in [0.25, 0.3) is 0 Å². The Balaban J connectivity index is 2.88. The van der Waals surface area contributed by atoms with Crippen LogP contribution in [0.4, 0.5) is 0 Å². The molecule has 0 aromatic rings. The van der Waals surface area contributed by atoms with Crippen molar-refractivity contribution in [2.45, 2.75) is 32.0 Å². The average molecular weight is 268 g/mol. The SMILES string of the molecule is CC1=C(O)C(C)(O)CC(C(O)C=CC=CCO)C1=O. The molecule has 5 nitrogen and oxygen atoms in total. The zero-order valence-electron chi connectivity index (χ0n) is 11.1. The van der Waals surface area contributed by atoms with Crippen LogP contribution >= 0.6 is 0 Å². The Morgan fingerprint density at radius 1 is 1.47 bits per heavy atom. The van der Waals surface area contributed by atoms with Crippen molar-refractivity contribution in [3.8, 4) is 0 Å². The Labute approximate surface area is 112 Å². The van der Waals surface area contributed by atoms with Crippen molar-refractivity contribution < 1.29 is 25.2 Å². The van der Waals surface area contributed by atoms with Gasteiger partial charge in [-0.2, -0.15) is 0 Å². The van der Waals surface area contributed by atoms with E-state index in [1.165, 1.54) is 32.1 Å². The molecular weight excluding hydrogens is 248 g/mol. The summed E-state index contributed by atoms with van der Waals surface area (Å²) < 4.78 is 0. The quantitative estimate of drug-likeness (QED) is 0.560. The molecule has 19 heavy (non-hydrogen) atoms. The van der Waals surface area contributed by atoms with E-state index in [-0.39, 0.29) is 30.1 Å². The van der Waals surface area contributed by atoms with E-state index in [2.05, 4.69) is 0 Å². The summed E-state index contributed by atoms with van der Waals surface area (Å²) in [6, 6.07) is 0. The highest BCUT2D eigenvalue weighted by atomic mass is 16.3. The lowest BCUT2D eigenvalue weighted by Gasteiger charge is -2.34. The van der Waals surface area contributed by atoms with E-state index in [1.54, 1.807) is 6.08 Å². The molecule has 0 amide bonds. The number of Topliss-reactive ketones (excluding diaryl/α,β-unsaturated/α-hetero) is 1. The van der Waals surface area contributed by atoms with Crippen LogP contribution in [0.3, 0.4) is 0 Å². The summed E-state index contributed by atoms with van der Waals surface area (Å²) in [5.41, 5.74) is -1.42. The summed E-state index contributed by atoms with van der Waals surface area (Å²) in [6.07, 6.45) is 4.89. The van der Waals surface area contributed by atoms with E-state index in [1.807, 2.05) is 0 Å². The highest BCUT2D eigenvalue weighted by molar-refractivity contribution is 5.98. The number of rotatable bonds is 4. The number of carbonyl (C=O) groups is 1. The molecule has 0 fully saturated rings. The summed E-state index contributed by atoms with van der Waals surface area (Å²) in [6.45, 7) is 2.74. The van der Waals surface area contributed by atoms with Crippen LogP contribution in [0.2, 0.25) is 0 Å². The van der Waals surface area contributed by atoms with Gasteiger partial charge in [0.1, 0.15) is 11.4 Å². The van der Waals surface area contributed by atoms with E-state index in [0.29, 0.717) is 0 Å². The minimum atomic E-state index is -1.50. The number of ketones is 1. The second kappa shape index (κ2) is 6.14. The molecule has 0 aromatic heterocycles. The van der Waals surface area contributed by atoms with Crippen LogP contribution in [0.15, 0.2) is 35.6 Å². The minimum absolute atomic E-state index is 0.0375. The third kappa shape index (κ3) is 3.53. The van der Waals surface area contributed by atoms with Crippen LogP contribution in [0.5, 0.6) is 0 Å². The van der Waals surface area contributed by atoms with Crippen molar-refractivity contribution in [2.24, 2.45) is 5.92 Å². The van der Waals surface area contributed by atoms with Crippen molar-refractivity contribution in [2.75, 3.05) is 6.61 Å². The first-order valence-electron chi connectivity index (χ1n) is 6.10. The minimum Gasteiger partial charge on any atom is -0.509 e. The monoisotopic (exact) mass is 268 g/mol. The molecule has 4 N–H and O–H groups in total. The lowest BCUT2D eigenvalue weighted by Crippen LogP contribution is -2.43. The number of aliphatic hydroxyl groups excluding tert-OH is 3. The lowest BCUT2D eigenvalue weighted by atomic mass is 9.76. The van der Waals surface area contributed by atoms with Gasteiger partial charge in [0.15, 0.2) is 5.78 Å². The maximum atomic E-state index is 12.0. The van der Waals surface area contributed by atoms with Crippen LogP contribution in [0.1, 0.15) is 20.3 Å². The van der Waals surface area contributed by atoms with E-state index in [0.717, 1.165) is 0 Å². The van der Waals surface area contributed by atoms with Crippen molar-refractivity contribution >= 4 is 5.78 Å². The van der Waals surface area contributed by atoms with Gasteiger partial charge in [0.05, 0.1) is 18.6 Å². The van der Waals surface area contributed by atoms with Crippen molar-refractivity contribution in [3.05, 3.63) is 35.6 Å². The van der Waals surface area contributed by atoms with E-state index < -0.39 is 17.6 Å². The fourth-order valence-electron chi connectivity index (χ4n) is 2.14. The van der Waals surface area contributed by atoms with Gasteiger partial charge in [-0.05, 0) is 20.3 Å². The maximum Gasteiger partial charge on any atom is 0.168 e. The Morgan fingerprint density at radius 2 is 2.11 bits per heavy atom. The predicted octanol–water partition coefficient (Wildman–Crippen LogP) is 0.624. The molecule has 0 spiro atoms. The summed E-state index contributed by atoms with van der Waals surface area (Å²) in [7, 11) is 0. The third-order valence-corrected chi connectivity index (χ3v) is 3.26. The van der Waals surface area contributed by atoms with E-state index in [9.17, 15) is 20.1 Å². The molecule has 0 radical (unpaired) electrons. The average Bonchev–Trinajstić information content (AvgIpc) is 2.36. The van der Waals surface area contributed by atoms with Crippen LogP contribution in [-0.2, 0) is 4.79 Å². The normalized spacial score (nSPS) is 30.6. The largest absolute Gasteiger partial charge is 0.509 e. The first-order valence-corrected chi connectivity index (χ1v) is 6.10. The topological polar surface area (TPSA) is 98.0 Å². The molecule has 5 heteroatoms. The fourth-order valence-corrected chi connectivity index (χ4v) is 2.14. The summed E-state index contributed by atoms with van der Waals surface area (Å²) in [5, 5.41) is 38.2. The number of carbonyl (C=O) groups excluding carboxylic acids is 1. The molecule has 0 bridgehead atoms. The number of allylic oxidation sites excluding steroid dienone is 3. The van der Waals surface area contributed by atoms with Gasteiger partial charge in [-0.1, -0.05) is 24.3 Å².